The molecule has 0 radical (unpaired) electrons. The molecule has 0 bridgehead atoms. The quantitative estimate of drug-likeness (QED) is 0.473. The molecule has 1 aliphatic heterocycles. The van der Waals surface area contributed by atoms with E-state index in [9.17, 15) is 14.9 Å². The molecule has 0 spiro atoms. The number of hydrogen-bond acceptors (Lipinski definition) is 6. The molecule has 1 fully saturated rings. The fraction of sp³-hybridized carbons (Fsp3) is 0.462. The molecule has 0 amide bonds. The molecule has 20 heavy (non-hydrogen) atoms. The van der Waals surface area contributed by atoms with Crippen LogP contribution in [0.4, 0.5) is 11.4 Å². The minimum Gasteiger partial charge on any atom is -0.462 e. The molecule has 108 valence electrons. The third-order valence-corrected chi connectivity index (χ3v) is 3.05. The lowest BCUT2D eigenvalue weighted by atomic mass is 10.1. The van der Waals surface area contributed by atoms with Gasteiger partial charge in [-0.2, -0.15) is 0 Å². The van der Waals surface area contributed by atoms with E-state index in [-0.39, 0.29) is 17.9 Å². The zero-order valence-electron chi connectivity index (χ0n) is 11.2. The summed E-state index contributed by atoms with van der Waals surface area (Å²) in [5.74, 6) is -0.672. The topological polar surface area (TPSA) is 81.9 Å². The second-order valence-corrected chi connectivity index (χ2v) is 4.28. The van der Waals surface area contributed by atoms with Gasteiger partial charge in [0.15, 0.2) is 0 Å². The Morgan fingerprint density at radius 1 is 1.45 bits per heavy atom. The van der Waals surface area contributed by atoms with E-state index < -0.39 is 10.9 Å². The van der Waals surface area contributed by atoms with E-state index in [1.165, 1.54) is 12.1 Å². The van der Waals surface area contributed by atoms with Crippen molar-refractivity contribution in [2.45, 2.75) is 6.92 Å². The Kier molecular flexibility index (Phi) is 4.52. The van der Waals surface area contributed by atoms with Crippen LogP contribution in [0.2, 0.25) is 0 Å². The maximum atomic E-state index is 11.8. The minimum absolute atomic E-state index is 0.0131. The van der Waals surface area contributed by atoms with Crippen LogP contribution in [-0.2, 0) is 9.47 Å². The summed E-state index contributed by atoms with van der Waals surface area (Å²) in [4.78, 5) is 24.3. The van der Waals surface area contributed by atoms with Crippen molar-refractivity contribution in [3.63, 3.8) is 0 Å². The van der Waals surface area contributed by atoms with Gasteiger partial charge < -0.3 is 14.4 Å². The summed E-state index contributed by atoms with van der Waals surface area (Å²) < 4.78 is 10.1. The largest absolute Gasteiger partial charge is 0.462 e. The number of esters is 1. The summed E-state index contributed by atoms with van der Waals surface area (Å²) in [6.07, 6.45) is 0. The molecule has 0 aliphatic carbocycles. The maximum Gasteiger partial charge on any atom is 0.345 e. The fourth-order valence-corrected chi connectivity index (χ4v) is 2.07. The summed E-state index contributed by atoms with van der Waals surface area (Å²) >= 11 is 0. The second-order valence-electron chi connectivity index (χ2n) is 4.28. The SMILES string of the molecule is CCOC(=O)c1cc(N2CCOCC2)ccc1[N+](=O)[O-]. The second kappa shape index (κ2) is 6.33. The van der Waals surface area contributed by atoms with Crippen LogP contribution in [0.1, 0.15) is 17.3 Å². The van der Waals surface area contributed by atoms with E-state index in [1.807, 2.05) is 4.90 Å². The lowest BCUT2D eigenvalue weighted by Crippen LogP contribution is -2.36. The lowest BCUT2D eigenvalue weighted by molar-refractivity contribution is -0.385. The zero-order chi connectivity index (χ0) is 14.5. The number of carbonyl (C=O) groups is 1. The van der Waals surface area contributed by atoms with Gasteiger partial charge in [0.2, 0.25) is 0 Å². The molecule has 1 heterocycles. The van der Waals surface area contributed by atoms with Crippen molar-refractivity contribution in [3.05, 3.63) is 33.9 Å². The van der Waals surface area contributed by atoms with Crippen LogP contribution >= 0.6 is 0 Å². The lowest BCUT2D eigenvalue weighted by Gasteiger charge is -2.29. The van der Waals surface area contributed by atoms with Crippen molar-refractivity contribution in [2.24, 2.45) is 0 Å². The predicted molar refractivity (Wildman–Crippen MR) is 72.1 cm³/mol. The number of nitrogens with zero attached hydrogens (tertiary/aromatic N) is 2. The molecule has 7 heteroatoms. The summed E-state index contributed by atoms with van der Waals surface area (Å²) in [7, 11) is 0. The van der Waals surface area contributed by atoms with Gasteiger partial charge in [0, 0.05) is 24.8 Å². The Hall–Kier alpha value is -2.15. The number of nitro benzene ring substituents is 1. The first-order valence-electron chi connectivity index (χ1n) is 6.41. The molecular formula is C13H16N2O5. The highest BCUT2D eigenvalue weighted by molar-refractivity contribution is 5.95. The Morgan fingerprint density at radius 2 is 2.15 bits per heavy atom. The summed E-state index contributed by atoms with van der Waals surface area (Å²) in [5, 5.41) is 11.0. The predicted octanol–water partition coefficient (Wildman–Crippen LogP) is 1.61. The van der Waals surface area contributed by atoms with E-state index >= 15 is 0 Å². The van der Waals surface area contributed by atoms with Gasteiger partial charge in [-0.05, 0) is 19.1 Å². The first kappa shape index (κ1) is 14.3. The van der Waals surface area contributed by atoms with Crippen LogP contribution in [0.5, 0.6) is 0 Å². The fourth-order valence-electron chi connectivity index (χ4n) is 2.07. The summed E-state index contributed by atoms with van der Waals surface area (Å²) in [6.45, 7) is 4.44. The molecule has 0 saturated carbocycles. The van der Waals surface area contributed by atoms with Gasteiger partial charge in [-0.1, -0.05) is 0 Å². The highest BCUT2D eigenvalue weighted by atomic mass is 16.6. The number of rotatable bonds is 4. The molecule has 7 nitrogen and oxygen atoms in total. The van der Waals surface area contributed by atoms with E-state index in [1.54, 1.807) is 13.0 Å². The maximum absolute atomic E-state index is 11.8. The van der Waals surface area contributed by atoms with Gasteiger partial charge in [-0.3, -0.25) is 10.1 Å². The van der Waals surface area contributed by atoms with Gasteiger partial charge in [0.25, 0.3) is 5.69 Å². The number of hydrogen-bond donors (Lipinski definition) is 0. The Bertz CT molecular complexity index is 511. The number of carbonyl (C=O) groups excluding carboxylic acids is 1. The van der Waals surface area contributed by atoms with Gasteiger partial charge in [-0.25, -0.2) is 4.79 Å². The van der Waals surface area contributed by atoms with E-state index in [0.29, 0.717) is 26.3 Å². The van der Waals surface area contributed by atoms with Crippen LogP contribution in [-0.4, -0.2) is 43.8 Å². The number of ether oxygens (including phenoxy) is 2. The third kappa shape index (κ3) is 3.05. The number of benzene rings is 1. The molecule has 1 saturated heterocycles. The highest BCUT2D eigenvalue weighted by Gasteiger charge is 2.23. The first-order valence-corrected chi connectivity index (χ1v) is 6.41. The molecule has 0 unspecified atom stereocenters. The average molecular weight is 280 g/mol. The highest BCUT2D eigenvalue weighted by Crippen LogP contribution is 2.26. The Balaban J connectivity index is 2.34. The van der Waals surface area contributed by atoms with Crippen molar-refractivity contribution in [1.29, 1.82) is 0 Å². The Morgan fingerprint density at radius 3 is 2.75 bits per heavy atom. The summed E-state index contributed by atoms with van der Waals surface area (Å²) in [6, 6.07) is 4.50. The minimum atomic E-state index is -0.672. The molecule has 2 rings (SSSR count). The van der Waals surface area contributed by atoms with E-state index in [0.717, 1.165) is 5.69 Å². The normalized spacial score (nSPS) is 14.9. The van der Waals surface area contributed by atoms with Crippen LogP contribution in [0.3, 0.4) is 0 Å². The van der Waals surface area contributed by atoms with Gasteiger partial charge in [0.05, 0.1) is 24.7 Å². The van der Waals surface area contributed by atoms with E-state index in [4.69, 9.17) is 9.47 Å². The average Bonchev–Trinajstić information content (AvgIpc) is 2.47. The van der Waals surface area contributed by atoms with Crippen LogP contribution in [0.15, 0.2) is 18.2 Å². The number of morpholine rings is 1. The molecule has 0 N–H and O–H groups in total. The molecule has 1 aromatic carbocycles. The van der Waals surface area contributed by atoms with Crippen LogP contribution < -0.4 is 4.90 Å². The van der Waals surface area contributed by atoms with Gasteiger partial charge >= 0.3 is 5.97 Å². The van der Waals surface area contributed by atoms with Gasteiger partial charge in [0.1, 0.15) is 5.56 Å². The van der Waals surface area contributed by atoms with Crippen molar-refractivity contribution < 1.29 is 19.2 Å². The van der Waals surface area contributed by atoms with Crippen LogP contribution in [0.25, 0.3) is 0 Å². The third-order valence-electron chi connectivity index (χ3n) is 3.05. The zero-order valence-corrected chi connectivity index (χ0v) is 11.2. The van der Waals surface area contributed by atoms with Crippen molar-refractivity contribution in [1.82, 2.24) is 0 Å². The van der Waals surface area contributed by atoms with Crippen molar-refractivity contribution >= 4 is 17.3 Å². The molecule has 0 atom stereocenters. The van der Waals surface area contributed by atoms with Crippen LogP contribution in [0, 0.1) is 10.1 Å². The Labute approximate surface area is 116 Å². The molecule has 1 aliphatic rings. The first-order chi connectivity index (χ1) is 9.63. The van der Waals surface area contributed by atoms with E-state index in [2.05, 4.69) is 0 Å². The van der Waals surface area contributed by atoms with Crippen molar-refractivity contribution in [2.75, 3.05) is 37.8 Å². The molecular weight excluding hydrogens is 264 g/mol. The monoisotopic (exact) mass is 280 g/mol. The standard InChI is InChI=1S/C13H16N2O5/c1-2-20-13(16)11-9-10(3-4-12(11)15(17)18)14-5-7-19-8-6-14/h3-4,9H,2,5-8H2,1H3. The van der Waals surface area contributed by atoms with Gasteiger partial charge in [-0.15, -0.1) is 0 Å². The molecule has 0 aromatic heterocycles. The number of nitro groups is 1. The smallest absolute Gasteiger partial charge is 0.345 e. The molecule has 1 aromatic rings. The van der Waals surface area contributed by atoms with Crippen molar-refractivity contribution in [3.8, 4) is 0 Å². The summed E-state index contributed by atoms with van der Waals surface area (Å²) in [5.41, 5.74) is 0.517. The number of anilines is 1.